The minimum Gasteiger partial charge on any atom is -0.389 e. The van der Waals surface area contributed by atoms with Crippen LogP contribution in [0.1, 0.15) is 19.8 Å². The summed E-state index contributed by atoms with van der Waals surface area (Å²) < 4.78 is 5.41. The maximum Gasteiger partial charge on any atom is 0.0900 e. The van der Waals surface area contributed by atoms with E-state index in [0.29, 0.717) is 6.61 Å². The van der Waals surface area contributed by atoms with E-state index in [4.69, 9.17) is 4.74 Å². The van der Waals surface area contributed by atoms with Gasteiger partial charge in [0.05, 0.1) is 12.7 Å². The van der Waals surface area contributed by atoms with E-state index in [2.05, 4.69) is 23.8 Å². The van der Waals surface area contributed by atoms with Crippen LogP contribution in [0, 0.1) is 0 Å². The van der Waals surface area contributed by atoms with Crippen LogP contribution in [0.25, 0.3) is 0 Å². The van der Waals surface area contributed by atoms with E-state index in [9.17, 15) is 5.11 Å². The molecule has 1 rings (SSSR count). The van der Waals surface area contributed by atoms with Crippen molar-refractivity contribution >= 4 is 0 Å². The zero-order chi connectivity index (χ0) is 11.8. The van der Waals surface area contributed by atoms with Gasteiger partial charge in [-0.2, -0.15) is 0 Å². The molecule has 0 aromatic rings. The highest BCUT2D eigenvalue weighted by atomic mass is 16.5. The number of rotatable bonds is 7. The molecule has 1 atom stereocenters. The summed E-state index contributed by atoms with van der Waals surface area (Å²) in [6, 6.07) is 0. The van der Waals surface area contributed by atoms with Gasteiger partial charge >= 0.3 is 0 Å². The number of likely N-dealkylation sites (N-methyl/N-ethyl adjacent to an activating group) is 1. The van der Waals surface area contributed by atoms with Gasteiger partial charge in [-0.15, -0.1) is 0 Å². The Balaban J connectivity index is 2.02. The lowest BCUT2D eigenvalue weighted by Crippen LogP contribution is -2.47. The summed E-state index contributed by atoms with van der Waals surface area (Å²) in [6.45, 7) is 8.46. The number of piperazine rings is 1. The van der Waals surface area contributed by atoms with Crippen molar-refractivity contribution in [3.05, 3.63) is 0 Å². The SMILES string of the molecule is CCCCOC[C@@H](O)CN1CCN(C)CC1. The fraction of sp³-hybridized carbons (Fsp3) is 1.00. The summed E-state index contributed by atoms with van der Waals surface area (Å²) in [6.07, 6.45) is 1.90. The number of hydrogen-bond donors (Lipinski definition) is 1. The lowest BCUT2D eigenvalue weighted by molar-refractivity contribution is 0.00821. The van der Waals surface area contributed by atoms with Gasteiger partial charge < -0.3 is 14.7 Å². The predicted octanol–water partition coefficient (Wildman–Crippen LogP) is 0.411. The van der Waals surface area contributed by atoms with Crippen LogP contribution in [0.15, 0.2) is 0 Å². The van der Waals surface area contributed by atoms with Gasteiger partial charge in [-0.25, -0.2) is 0 Å². The molecule has 0 aromatic carbocycles. The largest absolute Gasteiger partial charge is 0.389 e. The number of unbranched alkanes of at least 4 members (excludes halogenated alkanes) is 1. The van der Waals surface area contributed by atoms with Gasteiger partial charge in [0.15, 0.2) is 0 Å². The third kappa shape index (κ3) is 5.80. The highest BCUT2D eigenvalue weighted by Gasteiger charge is 2.16. The van der Waals surface area contributed by atoms with E-state index >= 15 is 0 Å². The Morgan fingerprint density at radius 1 is 1.25 bits per heavy atom. The molecule has 4 heteroatoms. The molecule has 1 heterocycles. The average Bonchev–Trinajstić information content (AvgIpc) is 2.28. The maximum atomic E-state index is 9.79. The van der Waals surface area contributed by atoms with E-state index in [1.54, 1.807) is 0 Å². The monoisotopic (exact) mass is 230 g/mol. The number of aliphatic hydroxyl groups excluding tert-OH is 1. The first-order valence-corrected chi connectivity index (χ1v) is 6.39. The molecule has 1 fully saturated rings. The first-order chi connectivity index (χ1) is 7.72. The van der Waals surface area contributed by atoms with Gasteiger partial charge in [0.2, 0.25) is 0 Å². The second-order valence-electron chi connectivity index (χ2n) is 4.69. The molecule has 0 bridgehead atoms. The summed E-state index contributed by atoms with van der Waals surface area (Å²) in [5, 5.41) is 9.79. The van der Waals surface area contributed by atoms with Gasteiger partial charge in [0, 0.05) is 39.3 Å². The molecule has 0 amide bonds. The molecule has 4 nitrogen and oxygen atoms in total. The fourth-order valence-corrected chi connectivity index (χ4v) is 1.85. The molecule has 0 radical (unpaired) electrons. The van der Waals surface area contributed by atoms with E-state index < -0.39 is 0 Å². The molecule has 0 unspecified atom stereocenters. The number of ether oxygens (including phenoxy) is 1. The molecular weight excluding hydrogens is 204 g/mol. The van der Waals surface area contributed by atoms with Crippen LogP contribution in [0.5, 0.6) is 0 Å². The van der Waals surface area contributed by atoms with Crippen LogP contribution >= 0.6 is 0 Å². The van der Waals surface area contributed by atoms with Crippen molar-refractivity contribution in [3.8, 4) is 0 Å². The van der Waals surface area contributed by atoms with E-state index in [1.165, 1.54) is 0 Å². The van der Waals surface area contributed by atoms with Gasteiger partial charge in [0.1, 0.15) is 0 Å². The Labute approximate surface area is 99.2 Å². The Morgan fingerprint density at radius 2 is 1.94 bits per heavy atom. The van der Waals surface area contributed by atoms with Crippen LogP contribution < -0.4 is 0 Å². The molecule has 1 N–H and O–H groups in total. The van der Waals surface area contributed by atoms with Crippen LogP contribution in [0.3, 0.4) is 0 Å². The summed E-state index contributed by atoms with van der Waals surface area (Å²) >= 11 is 0. The third-order valence-corrected chi connectivity index (χ3v) is 3.02. The fourth-order valence-electron chi connectivity index (χ4n) is 1.85. The third-order valence-electron chi connectivity index (χ3n) is 3.02. The second kappa shape index (κ2) is 8.01. The van der Waals surface area contributed by atoms with Crippen LogP contribution in [-0.4, -0.2) is 74.0 Å². The quantitative estimate of drug-likeness (QED) is 0.643. The summed E-state index contributed by atoms with van der Waals surface area (Å²) in [5.41, 5.74) is 0. The first-order valence-electron chi connectivity index (χ1n) is 6.39. The normalized spacial score (nSPS) is 21.2. The van der Waals surface area contributed by atoms with Crippen molar-refractivity contribution in [2.45, 2.75) is 25.9 Å². The van der Waals surface area contributed by atoms with Crippen molar-refractivity contribution in [2.75, 3.05) is 53.0 Å². The zero-order valence-electron chi connectivity index (χ0n) is 10.7. The molecule has 0 spiro atoms. The van der Waals surface area contributed by atoms with Gasteiger partial charge in [-0.1, -0.05) is 13.3 Å². The van der Waals surface area contributed by atoms with Crippen molar-refractivity contribution < 1.29 is 9.84 Å². The molecule has 0 saturated carbocycles. The van der Waals surface area contributed by atoms with E-state index in [-0.39, 0.29) is 6.10 Å². The minimum absolute atomic E-state index is 0.333. The Hall–Kier alpha value is -0.160. The maximum absolute atomic E-state index is 9.79. The minimum atomic E-state index is -0.333. The lowest BCUT2D eigenvalue weighted by atomic mass is 10.3. The van der Waals surface area contributed by atoms with Crippen molar-refractivity contribution in [1.82, 2.24) is 9.80 Å². The van der Waals surface area contributed by atoms with Crippen molar-refractivity contribution in [1.29, 1.82) is 0 Å². The van der Waals surface area contributed by atoms with Gasteiger partial charge in [0.25, 0.3) is 0 Å². The van der Waals surface area contributed by atoms with Crippen LogP contribution in [0.2, 0.25) is 0 Å². The molecule has 0 aromatic heterocycles. The van der Waals surface area contributed by atoms with Crippen LogP contribution in [-0.2, 0) is 4.74 Å². The predicted molar refractivity (Wildman–Crippen MR) is 65.7 cm³/mol. The highest BCUT2D eigenvalue weighted by molar-refractivity contribution is 4.71. The molecular formula is C12H26N2O2. The molecule has 1 saturated heterocycles. The Morgan fingerprint density at radius 3 is 2.56 bits per heavy atom. The van der Waals surface area contributed by atoms with Crippen molar-refractivity contribution in [2.24, 2.45) is 0 Å². The summed E-state index contributed by atoms with van der Waals surface area (Å²) in [5.74, 6) is 0. The highest BCUT2D eigenvalue weighted by Crippen LogP contribution is 2.01. The summed E-state index contributed by atoms with van der Waals surface area (Å²) in [7, 11) is 2.14. The average molecular weight is 230 g/mol. The summed E-state index contributed by atoms with van der Waals surface area (Å²) in [4.78, 5) is 4.63. The topological polar surface area (TPSA) is 35.9 Å². The molecule has 16 heavy (non-hydrogen) atoms. The Kier molecular flexibility index (Phi) is 6.96. The van der Waals surface area contributed by atoms with E-state index in [0.717, 1.165) is 52.2 Å². The lowest BCUT2D eigenvalue weighted by Gasteiger charge is -2.33. The van der Waals surface area contributed by atoms with Gasteiger partial charge in [-0.05, 0) is 13.5 Å². The molecule has 1 aliphatic heterocycles. The Bertz CT molecular complexity index is 170. The van der Waals surface area contributed by atoms with Gasteiger partial charge in [-0.3, -0.25) is 4.90 Å². The second-order valence-corrected chi connectivity index (χ2v) is 4.69. The molecule has 0 aliphatic carbocycles. The number of hydrogen-bond acceptors (Lipinski definition) is 4. The zero-order valence-corrected chi connectivity index (χ0v) is 10.7. The molecule has 1 aliphatic rings. The van der Waals surface area contributed by atoms with E-state index in [1.807, 2.05) is 0 Å². The van der Waals surface area contributed by atoms with Crippen LogP contribution in [0.4, 0.5) is 0 Å². The first kappa shape index (κ1) is 13.9. The number of β-amino-alcohol motifs (C(OH)–C–C–N with tert-alkyl or cyclic N) is 1. The number of aliphatic hydroxyl groups is 1. The molecule has 96 valence electrons. The smallest absolute Gasteiger partial charge is 0.0900 e. The standard InChI is InChI=1S/C12H26N2O2/c1-3-4-9-16-11-12(15)10-14-7-5-13(2)6-8-14/h12,15H,3-11H2,1-2H3/t12-/m0/s1. The number of nitrogens with zero attached hydrogens (tertiary/aromatic N) is 2. The van der Waals surface area contributed by atoms with Crippen molar-refractivity contribution in [3.63, 3.8) is 0 Å².